The maximum atomic E-state index is 13.5. The largest absolute Gasteiger partial charge is 0.493 e. The van der Waals surface area contributed by atoms with Crippen LogP contribution in [0.4, 0.5) is 4.39 Å². The van der Waals surface area contributed by atoms with Crippen molar-refractivity contribution in [3.63, 3.8) is 0 Å². The van der Waals surface area contributed by atoms with Gasteiger partial charge in [-0.3, -0.25) is 0 Å². The highest BCUT2D eigenvalue weighted by atomic mass is 19.1. The van der Waals surface area contributed by atoms with Crippen LogP contribution < -0.4 is 10.5 Å². The van der Waals surface area contributed by atoms with Crippen LogP contribution in [0.1, 0.15) is 38.2 Å². The van der Waals surface area contributed by atoms with Gasteiger partial charge in [-0.2, -0.15) is 0 Å². The van der Waals surface area contributed by atoms with E-state index in [1.807, 2.05) is 13.0 Å². The van der Waals surface area contributed by atoms with E-state index in [1.165, 1.54) is 37.8 Å². The van der Waals surface area contributed by atoms with Crippen LogP contribution in [0, 0.1) is 11.7 Å². The zero-order chi connectivity index (χ0) is 13.0. The Morgan fingerprint density at radius 1 is 1.33 bits per heavy atom. The van der Waals surface area contributed by atoms with Crippen molar-refractivity contribution in [2.45, 2.75) is 45.1 Å². The molecule has 100 valence electrons. The Kier molecular flexibility index (Phi) is 4.59. The molecule has 0 heterocycles. The van der Waals surface area contributed by atoms with Crippen molar-refractivity contribution in [1.29, 1.82) is 0 Å². The Hall–Kier alpha value is -1.09. The van der Waals surface area contributed by atoms with Crippen LogP contribution in [0.5, 0.6) is 5.75 Å². The van der Waals surface area contributed by atoms with Crippen LogP contribution in [0.3, 0.4) is 0 Å². The summed E-state index contributed by atoms with van der Waals surface area (Å²) in [4.78, 5) is 0. The van der Waals surface area contributed by atoms with E-state index in [0.717, 1.165) is 5.56 Å². The first kappa shape index (κ1) is 13.3. The zero-order valence-corrected chi connectivity index (χ0v) is 11.0. The lowest BCUT2D eigenvalue weighted by atomic mass is 10.1. The Morgan fingerprint density at radius 2 is 2.06 bits per heavy atom. The third-order valence-corrected chi connectivity index (χ3v) is 3.45. The predicted octanol–water partition coefficient (Wildman–Crippen LogP) is 3.28. The molecule has 0 aromatic heterocycles. The van der Waals surface area contributed by atoms with Crippen molar-refractivity contribution in [3.8, 4) is 5.75 Å². The number of benzene rings is 1. The molecule has 0 radical (unpaired) electrons. The van der Waals surface area contributed by atoms with Gasteiger partial charge in [-0.15, -0.1) is 0 Å². The summed E-state index contributed by atoms with van der Waals surface area (Å²) in [7, 11) is 0. The molecule has 2 N–H and O–H groups in total. The van der Waals surface area contributed by atoms with Gasteiger partial charge in [0.15, 0.2) is 0 Å². The molecular formula is C15H22FNO. The summed E-state index contributed by atoms with van der Waals surface area (Å²) in [6.45, 7) is 2.63. The number of hydrogen-bond acceptors (Lipinski definition) is 2. The molecule has 1 unspecified atom stereocenters. The average Bonchev–Trinajstić information content (AvgIpc) is 2.77. The maximum Gasteiger partial charge on any atom is 0.127 e. The summed E-state index contributed by atoms with van der Waals surface area (Å²) >= 11 is 0. The molecule has 1 aromatic carbocycles. The summed E-state index contributed by atoms with van der Waals surface area (Å²) in [6.07, 6.45) is 5.75. The first-order valence-corrected chi connectivity index (χ1v) is 6.81. The lowest BCUT2D eigenvalue weighted by Gasteiger charge is -2.13. The third-order valence-electron chi connectivity index (χ3n) is 3.45. The molecule has 1 fully saturated rings. The molecule has 0 amide bonds. The summed E-state index contributed by atoms with van der Waals surface area (Å²) in [5.74, 6) is 1.04. The molecule has 3 heteroatoms. The van der Waals surface area contributed by atoms with Crippen molar-refractivity contribution in [1.82, 2.24) is 0 Å². The highest BCUT2D eigenvalue weighted by Crippen LogP contribution is 2.26. The number of nitrogens with two attached hydrogens (primary N) is 1. The van der Waals surface area contributed by atoms with E-state index in [4.69, 9.17) is 10.5 Å². The van der Waals surface area contributed by atoms with E-state index in [1.54, 1.807) is 0 Å². The van der Waals surface area contributed by atoms with Crippen LogP contribution >= 0.6 is 0 Å². The topological polar surface area (TPSA) is 35.2 Å². The summed E-state index contributed by atoms with van der Waals surface area (Å²) in [6, 6.07) is 4.93. The van der Waals surface area contributed by atoms with Gasteiger partial charge >= 0.3 is 0 Å². The van der Waals surface area contributed by atoms with Crippen LogP contribution in [-0.4, -0.2) is 12.6 Å². The summed E-state index contributed by atoms with van der Waals surface area (Å²) < 4.78 is 19.2. The molecule has 1 atom stereocenters. The fourth-order valence-electron chi connectivity index (χ4n) is 2.58. The van der Waals surface area contributed by atoms with Gasteiger partial charge < -0.3 is 10.5 Å². The van der Waals surface area contributed by atoms with Gasteiger partial charge in [0.1, 0.15) is 11.6 Å². The number of hydrogen-bond donors (Lipinski definition) is 1. The molecular weight excluding hydrogens is 229 g/mol. The quantitative estimate of drug-likeness (QED) is 0.871. The summed E-state index contributed by atoms with van der Waals surface area (Å²) in [5, 5.41) is 0. The van der Waals surface area contributed by atoms with Crippen molar-refractivity contribution in [2.24, 2.45) is 11.7 Å². The number of ether oxygens (including phenoxy) is 1. The maximum absolute atomic E-state index is 13.5. The first-order valence-electron chi connectivity index (χ1n) is 6.81. The van der Waals surface area contributed by atoms with Crippen LogP contribution in [0.25, 0.3) is 0 Å². The number of rotatable bonds is 5. The Bertz CT molecular complexity index is 386. The van der Waals surface area contributed by atoms with Crippen molar-refractivity contribution in [3.05, 3.63) is 29.6 Å². The smallest absolute Gasteiger partial charge is 0.127 e. The van der Waals surface area contributed by atoms with E-state index in [-0.39, 0.29) is 11.9 Å². The molecule has 1 aliphatic rings. The van der Waals surface area contributed by atoms with Gasteiger partial charge in [-0.05, 0) is 49.8 Å². The third kappa shape index (κ3) is 3.98. The van der Waals surface area contributed by atoms with Gasteiger partial charge in [0.05, 0.1) is 6.61 Å². The summed E-state index contributed by atoms with van der Waals surface area (Å²) in [5.41, 5.74) is 6.64. The van der Waals surface area contributed by atoms with Crippen LogP contribution in [-0.2, 0) is 6.42 Å². The predicted molar refractivity (Wildman–Crippen MR) is 71.2 cm³/mol. The van der Waals surface area contributed by atoms with E-state index >= 15 is 0 Å². The normalized spacial score (nSPS) is 17.9. The second kappa shape index (κ2) is 6.19. The van der Waals surface area contributed by atoms with Gasteiger partial charge in [0.2, 0.25) is 0 Å². The van der Waals surface area contributed by atoms with E-state index < -0.39 is 0 Å². The van der Waals surface area contributed by atoms with Crippen molar-refractivity contribution in [2.75, 3.05) is 6.61 Å². The second-order valence-corrected chi connectivity index (χ2v) is 5.44. The molecule has 1 saturated carbocycles. The molecule has 0 saturated heterocycles. The molecule has 2 nitrogen and oxygen atoms in total. The fraction of sp³-hybridized carbons (Fsp3) is 0.600. The van der Waals surface area contributed by atoms with Crippen LogP contribution in [0.2, 0.25) is 0 Å². The molecule has 2 rings (SSSR count). The molecule has 0 spiro atoms. The Balaban J connectivity index is 1.96. The van der Waals surface area contributed by atoms with Crippen molar-refractivity contribution >= 4 is 0 Å². The van der Waals surface area contributed by atoms with Gasteiger partial charge in [-0.25, -0.2) is 4.39 Å². The van der Waals surface area contributed by atoms with Crippen molar-refractivity contribution < 1.29 is 9.13 Å². The minimum Gasteiger partial charge on any atom is -0.493 e. The van der Waals surface area contributed by atoms with Gasteiger partial charge in [0.25, 0.3) is 0 Å². The standard InChI is InChI=1S/C15H22FNO/c1-11(17)6-13-7-14(16)9-15(8-13)18-10-12-4-2-3-5-12/h7-9,11-12H,2-6,10,17H2,1H3. The zero-order valence-electron chi connectivity index (χ0n) is 11.0. The molecule has 0 aliphatic heterocycles. The SMILES string of the molecule is CC(N)Cc1cc(F)cc(OCC2CCCC2)c1. The monoisotopic (exact) mass is 251 g/mol. The van der Waals surface area contributed by atoms with Gasteiger partial charge in [-0.1, -0.05) is 12.8 Å². The Morgan fingerprint density at radius 3 is 2.72 bits per heavy atom. The molecule has 1 aromatic rings. The lowest BCUT2D eigenvalue weighted by molar-refractivity contribution is 0.251. The minimum absolute atomic E-state index is 0.0366. The van der Waals surface area contributed by atoms with E-state index in [9.17, 15) is 4.39 Å². The number of halogens is 1. The first-order chi connectivity index (χ1) is 8.63. The molecule has 18 heavy (non-hydrogen) atoms. The highest BCUT2D eigenvalue weighted by molar-refractivity contribution is 5.30. The lowest BCUT2D eigenvalue weighted by Crippen LogP contribution is -2.18. The fourth-order valence-corrected chi connectivity index (χ4v) is 2.58. The minimum atomic E-state index is -0.241. The molecule has 1 aliphatic carbocycles. The second-order valence-electron chi connectivity index (χ2n) is 5.44. The molecule has 0 bridgehead atoms. The average molecular weight is 251 g/mol. The van der Waals surface area contributed by atoms with E-state index in [0.29, 0.717) is 24.7 Å². The van der Waals surface area contributed by atoms with E-state index in [2.05, 4.69) is 0 Å². The highest BCUT2D eigenvalue weighted by Gasteiger charge is 2.15. The van der Waals surface area contributed by atoms with Gasteiger partial charge in [0, 0.05) is 12.1 Å². The Labute approximate surface area is 108 Å². The van der Waals surface area contributed by atoms with Crippen LogP contribution in [0.15, 0.2) is 18.2 Å².